The molecule has 0 saturated heterocycles. The van der Waals surface area contributed by atoms with E-state index < -0.39 is 0 Å². The number of nitrogens with zero attached hydrogens (tertiary/aromatic N) is 5. The van der Waals surface area contributed by atoms with E-state index in [0.717, 1.165) is 6.54 Å². The van der Waals surface area contributed by atoms with Crippen molar-refractivity contribution >= 4 is 5.65 Å². The predicted molar refractivity (Wildman–Crippen MR) is 52.6 cm³/mol. The third kappa shape index (κ3) is 2.01. The number of likely N-dealkylation sites (N-methyl/N-ethyl adjacent to an activating group) is 1. The van der Waals surface area contributed by atoms with Crippen molar-refractivity contribution in [3.63, 3.8) is 0 Å². The average molecular weight is 208 g/mol. The van der Waals surface area contributed by atoms with E-state index in [1.54, 1.807) is 12.4 Å². The van der Waals surface area contributed by atoms with Crippen molar-refractivity contribution in [1.82, 2.24) is 30.3 Å². The summed E-state index contributed by atoms with van der Waals surface area (Å²) < 4.78 is 7.13. The summed E-state index contributed by atoms with van der Waals surface area (Å²) in [6.45, 7) is 2.71. The quantitative estimate of drug-likeness (QED) is 0.730. The lowest BCUT2D eigenvalue weighted by atomic mass is 10.4. The fourth-order valence-electron chi connectivity index (χ4n) is 1.27. The van der Waals surface area contributed by atoms with E-state index in [4.69, 9.17) is 4.74 Å². The second kappa shape index (κ2) is 4.18. The van der Waals surface area contributed by atoms with E-state index in [-0.39, 0.29) is 6.10 Å². The molecule has 80 valence electrons. The topological polar surface area (TPSA) is 77.2 Å². The molecular formula is C8H12N6O. The summed E-state index contributed by atoms with van der Waals surface area (Å²) in [7, 11) is 1.87. The maximum Gasteiger partial charge on any atom is 0.237 e. The molecule has 0 saturated carbocycles. The summed E-state index contributed by atoms with van der Waals surface area (Å²) in [5.41, 5.74) is 0.573. The minimum atomic E-state index is 0.0339. The molecular weight excluding hydrogens is 196 g/mol. The van der Waals surface area contributed by atoms with Crippen LogP contribution in [0.1, 0.15) is 6.92 Å². The number of hydrogen-bond donors (Lipinski definition) is 1. The van der Waals surface area contributed by atoms with Gasteiger partial charge in [-0.2, -0.15) is 4.52 Å². The summed E-state index contributed by atoms with van der Waals surface area (Å²) in [6.07, 6.45) is 3.21. The molecule has 0 aliphatic rings. The van der Waals surface area contributed by atoms with Crippen molar-refractivity contribution in [3.05, 3.63) is 12.4 Å². The van der Waals surface area contributed by atoms with Crippen LogP contribution >= 0.6 is 0 Å². The summed E-state index contributed by atoms with van der Waals surface area (Å²) in [5, 5.41) is 14.1. The van der Waals surface area contributed by atoms with Crippen LogP contribution in [-0.4, -0.2) is 44.7 Å². The highest BCUT2D eigenvalue weighted by molar-refractivity contribution is 5.34. The molecule has 0 fully saturated rings. The summed E-state index contributed by atoms with van der Waals surface area (Å²) in [5.74, 6) is 0.542. The summed E-state index contributed by atoms with van der Waals surface area (Å²) in [6, 6.07) is 0. The molecule has 0 aliphatic carbocycles. The van der Waals surface area contributed by atoms with Crippen molar-refractivity contribution < 1.29 is 4.74 Å². The first kappa shape index (κ1) is 9.78. The molecule has 2 heterocycles. The maximum absolute atomic E-state index is 5.62. The van der Waals surface area contributed by atoms with Gasteiger partial charge in [-0.3, -0.25) is 4.98 Å². The van der Waals surface area contributed by atoms with E-state index in [0.29, 0.717) is 11.5 Å². The molecule has 0 spiro atoms. The fourth-order valence-corrected chi connectivity index (χ4v) is 1.27. The van der Waals surface area contributed by atoms with Crippen LogP contribution < -0.4 is 10.1 Å². The zero-order valence-electron chi connectivity index (χ0n) is 8.58. The highest BCUT2D eigenvalue weighted by Crippen LogP contribution is 2.10. The molecule has 0 bridgehead atoms. The molecule has 15 heavy (non-hydrogen) atoms. The van der Waals surface area contributed by atoms with Crippen molar-refractivity contribution in [1.29, 1.82) is 0 Å². The number of fused-ring (bicyclic) bond motifs is 1. The number of aromatic nitrogens is 5. The number of ether oxygens (including phenoxy) is 1. The zero-order valence-corrected chi connectivity index (χ0v) is 8.58. The second-order valence-corrected chi connectivity index (χ2v) is 3.18. The van der Waals surface area contributed by atoms with Crippen molar-refractivity contribution in [2.24, 2.45) is 0 Å². The van der Waals surface area contributed by atoms with E-state index >= 15 is 0 Å². The van der Waals surface area contributed by atoms with E-state index in [9.17, 15) is 0 Å². The number of tetrazole rings is 1. The van der Waals surface area contributed by atoms with Crippen molar-refractivity contribution in [2.75, 3.05) is 13.6 Å². The van der Waals surface area contributed by atoms with E-state index in [2.05, 4.69) is 25.8 Å². The number of hydrogen-bond acceptors (Lipinski definition) is 6. The SMILES string of the molecule is CNCC(C)Oc1cncc2nnnn12. The van der Waals surface area contributed by atoms with Crippen LogP contribution in [0.25, 0.3) is 5.65 Å². The molecule has 0 aromatic carbocycles. The van der Waals surface area contributed by atoms with Gasteiger partial charge in [0.05, 0.1) is 12.4 Å². The minimum Gasteiger partial charge on any atom is -0.472 e. The lowest BCUT2D eigenvalue weighted by Gasteiger charge is -2.13. The van der Waals surface area contributed by atoms with Crippen molar-refractivity contribution in [3.8, 4) is 5.88 Å². The van der Waals surface area contributed by atoms with Crippen LogP contribution in [0.4, 0.5) is 0 Å². The first-order valence-corrected chi connectivity index (χ1v) is 4.64. The van der Waals surface area contributed by atoms with Gasteiger partial charge >= 0.3 is 0 Å². The van der Waals surface area contributed by atoms with Gasteiger partial charge in [-0.15, -0.1) is 5.10 Å². The average Bonchev–Trinajstić information content (AvgIpc) is 2.67. The third-order valence-corrected chi connectivity index (χ3v) is 1.89. The van der Waals surface area contributed by atoms with Crippen LogP contribution in [-0.2, 0) is 0 Å². The molecule has 1 atom stereocenters. The second-order valence-electron chi connectivity index (χ2n) is 3.18. The Balaban J connectivity index is 2.23. The van der Waals surface area contributed by atoms with Gasteiger partial charge in [-0.05, 0) is 24.4 Å². The van der Waals surface area contributed by atoms with Crippen molar-refractivity contribution in [2.45, 2.75) is 13.0 Å². The molecule has 1 N–H and O–H groups in total. The molecule has 0 amide bonds. The van der Waals surface area contributed by atoms with Crippen LogP contribution in [0.3, 0.4) is 0 Å². The number of rotatable bonds is 4. The Morgan fingerprint density at radius 1 is 1.53 bits per heavy atom. The Morgan fingerprint density at radius 3 is 3.20 bits per heavy atom. The summed E-state index contributed by atoms with van der Waals surface area (Å²) in [4.78, 5) is 3.99. The Morgan fingerprint density at radius 2 is 2.40 bits per heavy atom. The Bertz CT molecular complexity index is 441. The zero-order chi connectivity index (χ0) is 10.7. The molecule has 0 radical (unpaired) electrons. The molecule has 7 nitrogen and oxygen atoms in total. The monoisotopic (exact) mass is 208 g/mol. The highest BCUT2D eigenvalue weighted by atomic mass is 16.5. The maximum atomic E-state index is 5.62. The van der Waals surface area contributed by atoms with Gasteiger partial charge in [-0.1, -0.05) is 0 Å². The molecule has 7 heteroatoms. The number of nitrogens with one attached hydrogen (secondary N) is 1. The Labute approximate surface area is 86.5 Å². The third-order valence-electron chi connectivity index (χ3n) is 1.89. The van der Waals surface area contributed by atoms with Crippen LogP contribution in [0.5, 0.6) is 5.88 Å². The van der Waals surface area contributed by atoms with Gasteiger partial charge in [-0.25, -0.2) is 0 Å². The Kier molecular flexibility index (Phi) is 2.72. The van der Waals surface area contributed by atoms with E-state index in [1.165, 1.54) is 4.52 Å². The lowest BCUT2D eigenvalue weighted by molar-refractivity contribution is 0.205. The van der Waals surface area contributed by atoms with Crippen LogP contribution in [0.2, 0.25) is 0 Å². The first-order valence-electron chi connectivity index (χ1n) is 4.64. The van der Waals surface area contributed by atoms with E-state index in [1.807, 2.05) is 14.0 Å². The molecule has 2 aromatic heterocycles. The standard InChI is InChI=1S/C8H12N6O/c1-6(3-9-2)15-8-5-10-4-7-11-12-13-14(7)8/h4-6,9H,3H2,1-2H3. The van der Waals surface area contributed by atoms with Crippen LogP contribution in [0.15, 0.2) is 12.4 Å². The molecule has 1 unspecified atom stereocenters. The lowest BCUT2D eigenvalue weighted by Crippen LogP contribution is -2.26. The molecule has 2 aromatic rings. The summed E-state index contributed by atoms with van der Waals surface area (Å²) >= 11 is 0. The van der Waals surface area contributed by atoms with Gasteiger partial charge < -0.3 is 10.1 Å². The largest absolute Gasteiger partial charge is 0.472 e. The van der Waals surface area contributed by atoms with Gasteiger partial charge in [0, 0.05) is 6.54 Å². The smallest absolute Gasteiger partial charge is 0.237 e. The molecule has 0 aliphatic heterocycles. The van der Waals surface area contributed by atoms with Gasteiger partial charge in [0.1, 0.15) is 6.10 Å². The van der Waals surface area contributed by atoms with Gasteiger partial charge in [0.15, 0.2) is 0 Å². The first-order chi connectivity index (χ1) is 7.31. The minimum absolute atomic E-state index is 0.0339. The normalized spacial score (nSPS) is 12.9. The fraction of sp³-hybridized carbons (Fsp3) is 0.500. The highest BCUT2D eigenvalue weighted by Gasteiger charge is 2.08. The Hall–Kier alpha value is -1.76. The van der Waals surface area contributed by atoms with Crippen LogP contribution in [0, 0.1) is 0 Å². The van der Waals surface area contributed by atoms with Gasteiger partial charge in [0.2, 0.25) is 11.5 Å². The predicted octanol–water partition coefficient (Wildman–Crippen LogP) is -0.494. The molecule has 2 rings (SSSR count). The van der Waals surface area contributed by atoms with Gasteiger partial charge in [0.25, 0.3) is 0 Å².